The van der Waals surface area contributed by atoms with Crippen molar-refractivity contribution in [3.8, 4) is 5.75 Å². The largest absolute Gasteiger partial charge is 0.508 e. The molecule has 8 N–H and O–H groups in total. The van der Waals surface area contributed by atoms with E-state index in [4.69, 9.17) is 10.8 Å². The van der Waals surface area contributed by atoms with Gasteiger partial charge < -0.3 is 37.0 Å². The summed E-state index contributed by atoms with van der Waals surface area (Å²) in [4.78, 5) is 61.6. The molecular formula is C26H40N4O8. The van der Waals surface area contributed by atoms with E-state index in [0.29, 0.717) is 12.0 Å². The lowest BCUT2D eigenvalue weighted by Gasteiger charge is -2.27. The number of rotatable bonds is 16. The number of nitrogens with two attached hydrogens (primary N) is 1. The van der Waals surface area contributed by atoms with Crippen molar-refractivity contribution in [1.82, 2.24) is 16.0 Å². The van der Waals surface area contributed by atoms with Crippen LogP contribution in [0.4, 0.5) is 0 Å². The molecule has 5 atom stereocenters. The molecule has 0 aliphatic heterocycles. The fourth-order valence-electron chi connectivity index (χ4n) is 3.63. The number of hydrogen-bond acceptors (Lipinski definition) is 7. The number of carbonyl (C=O) groups is 5. The maximum Gasteiger partial charge on any atom is 0.326 e. The molecule has 0 saturated heterocycles. The second kappa shape index (κ2) is 15.6. The fraction of sp³-hybridized carbons (Fsp3) is 0.577. The molecule has 0 aliphatic carbocycles. The molecule has 212 valence electrons. The first-order valence-electron chi connectivity index (χ1n) is 12.6. The van der Waals surface area contributed by atoms with Crippen molar-refractivity contribution in [3.05, 3.63) is 29.8 Å². The number of benzene rings is 1. The molecule has 3 amide bonds. The molecule has 0 fully saturated rings. The maximum absolute atomic E-state index is 13.3. The van der Waals surface area contributed by atoms with Crippen molar-refractivity contribution in [3.63, 3.8) is 0 Å². The second-order valence-corrected chi connectivity index (χ2v) is 9.87. The zero-order chi connectivity index (χ0) is 29.0. The number of aromatic hydroxyl groups is 1. The minimum atomic E-state index is -1.49. The lowest BCUT2D eigenvalue weighted by atomic mass is 9.97. The molecule has 0 radical (unpaired) electrons. The SMILES string of the molecule is CCC(C)C(N)C(=O)NC(CC(C)C)C(=O)NC(Cc1ccc(O)cc1)C(=O)NC(CCC(=O)O)C(=O)O. The molecule has 0 aromatic heterocycles. The van der Waals surface area contributed by atoms with Crippen LogP contribution in [-0.2, 0) is 30.4 Å². The zero-order valence-corrected chi connectivity index (χ0v) is 22.3. The molecule has 12 heteroatoms. The fourth-order valence-corrected chi connectivity index (χ4v) is 3.63. The van der Waals surface area contributed by atoms with Gasteiger partial charge in [0, 0.05) is 12.8 Å². The van der Waals surface area contributed by atoms with Gasteiger partial charge in [-0.15, -0.1) is 0 Å². The number of aliphatic carboxylic acids is 2. The summed E-state index contributed by atoms with van der Waals surface area (Å²) in [6.45, 7) is 7.44. The number of phenolic OH excluding ortho intramolecular Hbond substituents is 1. The first-order chi connectivity index (χ1) is 17.7. The van der Waals surface area contributed by atoms with Gasteiger partial charge in [-0.05, 0) is 42.4 Å². The monoisotopic (exact) mass is 536 g/mol. The highest BCUT2D eigenvalue weighted by Gasteiger charge is 2.31. The molecule has 1 aromatic carbocycles. The lowest BCUT2D eigenvalue weighted by molar-refractivity contribution is -0.143. The summed E-state index contributed by atoms with van der Waals surface area (Å²) in [5, 5.41) is 35.5. The summed E-state index contributed by atoms with van der Waals surface area (Å²) in [7, 11) is 0. The van der Waals surface area contributed by atoms with E-state index in [1.54, 1.807) is 12.1 Å². The average Bonchev–Trinajstić information content (AvgIpc) is 2.85. The van der Waals surface area contributed by atoms with Crippen LogP contribution in [0.1, 0.15) is 58.9 Å². The molecular weight excluding hydrogens is 496 g/mol. The molecule has 0 bridgehead atoms. The van der Waals surface area contributed by atoms with Crippen LogP contribution in [0.15, 0.2) is 24.3 Å². The third-order valence-electron chi connectivity index (χ3n) is 6.17. The highest BCUT2D eigenvalue weighted by Crippen LogP contribution is 2.13. The van der Waals surface area contributed by atoms with Crippen LogP contribution in [-0.4, -0.2) is 69.1 Å². The molecule has 0 spiro atoms. The van der Waals surface area contributed by atoms with Crippen LogP contribution >= 0.6 is 0 Å². The predicted octanol–water partition coefficient (Wildman–Crippen LogP) is 0.758. The van der Waals surface area contributed by atoms with Crippen LogP contribution in [0.25, 0.3) is 0 Å². The average molecular weight is 537 g/mol. The number of phenols is 1. The van der Waals surface area contributed by atoms with Crippen molar-refractivity contribution < 1.29 is 39.3 Å². The van der Waals surface area contributed by atoms with Crippen LogP contribution in [0.5, 0.6) is 5.75 Å². The van der Waals surface area contributed by atoms with Crippen LogP contribution in [0.2, 0.25) is 0 Å². The third-order valence-corrected chi connectivity index (χ3v) is 6.17. The summed E-state index contributed by atoms with van der Waals surface area (Å²) < 4.78 is 0. The Balaban J connectivity index is 3.18. The van der Waals surface area contributed by atoms with Gasteiger partial charge in [-0.1, -0.05) is 46.2 Å². The van der Waals surface area contributed by atoms with Crippen molar-refractivity contribution in [1.29, 1.82) is 0 Å². The molecule has 5 unspecified atom stereocenters. The van der Waals surface area contributed by atoms with Gasteiger partial charge >= 0.3 is 11.9 Å². The maximum atomic E-state index is 13.3. The topological polar surface area (TPSA) is 208 Å². The minimum Gasteiger partial charge on any atom is -0.508 e. The predicted molar refractivity (Wildman–Crippen MR) is 139 cm³/mol. The van der Waals surface area contributed by atoms with Crippen molar-refractivity contribution in [2.24, 2.45) is 17.6 Å². The Morgan fingerprint density at radius 2 is 1.37 bits per heavy atom. The highest BCUT2D eigenvalue weighted by atomic mass is 16.4. The molecule has 0 saturated carbocycles. The number of nitrogens with one attached hydrogen (secondary N) is 3. The lowest BCUT2D eigenvalue weighted by Crippen LogP contribution is -2.58. The van der Waals surface area contributed by atoms with Crippen molar-refractivity contribution in [2.75, 3.05) is 0 Å². The van der Waals surface area contributed by atoms with Crippen LogP contribution in [0, 0.1) is 11.8 Å². The third kappa shape index (κ3) is 11.2. The molecule has 1 aromatic rings. The summed E-state index contributed by atoms with van der Waals surface area (Å²) >= 11 is 0. The van der Waals surface area contributed by atoms with Gasteiger partial charge in [0.2, 0.25) is 17.7 Å². The normalized spacial score (nSPS) is 15.0. The van der Waals surface area contributed by atoms with E-state index >= 15 is 0 Å². The van der Waals surface area contributed by atoms with E-state index in [-0.39, 0.29) is 36.8 Å². The van der Waals surface area contributed by atoms with Crippen molar-refractivity contribution in [2.45, 2.75) is 84.0 Å². The number of carboxylic acid groups (broad SMARTS) is 2. The van der Waals surface area contributed by atoms with E-state index in [0.717, 1.165) is 0 Å². The van der Waals surface area contributed by atoms with E-state index in [1.807, 2.05) is 27.7 Å². The van der Waals surface area contributed by atoms with E-state index in [1.165, 1.54) is 12.1 Å². The van der Waals surface area contributed by atoms with Gasteiger partial charge in [-0.25, -0.2) is 4.79 Å². The van der Waals surface area contributed by atoms with Crippen LogP contribution in [0.3, 0.4) is 0 Å². The Hall–Kier alpha value is -3.67. The summed E-state index contributed by atoms with van der Waals surface area (Å²) in [5.74, 6) is -4.75. The standard InChI is InChI=1S/C26H40N4O8/c1-5-15(4)22(27)25(36)30-19(12-14(2)3)23(34)29-20(13-16-6-8-17(31)9-7-16)24(35)28-18(26(37)38)10-11-21(32)33/h6-9,14-15,18-20,22,31H,5,10-13,27H2,1-4H3,(H,28,35)(H,29,34)(H,30,36)(H,32,33)(H,37,38). The van der Waals surface area contributed by atoms with E-state index in [2.05, 4.69) is 16.0 Å². The number of amides is 3. The van der Waals surface area contributed by atoms with Crippen LogP contribution < -0.4 is 21.7 Å². The quantitative estimate of drug-likeness (QED) is 0.159. The minimum absolute atomic E-state index is 0.00246. The Bertz CT molecular complexity index is 966. The first kappa shape index (κ1) is 32.4. The van der Waals surface area contributed by atoms with Gasteiger partial charge in [0.05, 0.1) is 6.04 Å². The van der Waals surface area contributed by atoms with Gasteiger partial charge in [0.15, 0.2) is 0 Å². The second-order valence-electron chi connectivity index (χ2n) is 9.87. The van der Waals surface area contributed by atoms with Gasteiger partial charge in [-0.3, -0.25) is 19.2 Å². The zero-order valence-electron chi connectivity index (χ0n) is 22.3. The Morgan fingerprint density at radius 1 is 0.842 bits per heavy atom. The molecule has 1 rings (SSSR count). The molecule has 12 nitrogen and oxygen atoms in total. The summed E-state index contributed by atoms with van der Waals surface area (Å²) in [6, 6.07) is 1.30. The Labute approximate surface area is 222 Å². The number of carbonyl (C=O) groups excluding carboxylic acids is 3. The summed E-state index contributed by atoms with van der Waals surface area (Å²) in [6.07, 6.45) is 0.0324. The molecule has 38 heavy (non-hydrogen) atoms. The number of carboxylic acids is 2. The van der Waals surface area contributed by atoms with E-state index < -0.39 is 60.2 Å². The van der Waals surface area contributed by atoms with Gasteiger partial charge in [0.1, 0.15) is 23.9 Å². The van der Waals surface area contributed by atoms with E-state index in [9.17, 15) is 34.2 Å². The van der Waals surface area contributed by atoms with Gasteiger partial charge in [-0.2, -0.15) is 0 Å². The Morgan fingerprint density at radius 3 is 1.87 bits per heavy atom. The van der Waals surface area contributed by atoms with Crippen molar-refractivity contribution >= 4 is 29.7 Å². The first-order valence-corrected chi connectivity index (χ1v) is 12.6. The Kier molecular flexibility index (Phi) is 13.2. The molecule has 0 aliphatic rings. The smallest absolute Gasteiger partial charge is 0.326 e. The summed E-state index contributed by atoms with van der Waals surface area (Å²) in [5.41, 5.74) is 6.58. The molecule has 0 heterocycles. The number of hydrogen-bond donors (Lipinski definition) is 7. The van der Waals surface area contributed by atoms with Gasteiger partial charge in [0.25, 0.3) is 0 Å². The highest BCUT2D eigenvalue weighted by molar-refractivity contribution is 5.94.